The Balaban J connectivity index is 2.14. The Bertz CT molecular complexity index is 979. The summed E-state index contributed by atoms with van der Waals surface area (Å²) >= 11 is 0. The van der Waals surface area contributed by atoms with Gasteiger partial charge in [0.25, 0.3) is 0 Å². The van der Waals surface area contributed by atoms with Crippen molar-refractivity contribution in [2.24, 2.45) is 0 Å². The van der Waals surface area contributed by atoms with Crippen LogP contribution in [0.1, 0.15) is 50.3 Å². The van der Waals surface area contributed by atoms with E-state index in [-0.39, 0.29) is 24.5 Å². The number of furan rings is 1. The van der Waals surface area contributed by atoms with E-state index in [9.17, 15) is 9.59 Å². The number of benzene rings is 1. The number of rotatable bonds is 5. The zero-order valence-corrected chi connectivity index (χ0v) is 16.7. The van der Waals surface area contributed by atoms with E-state index >= 15 is 0 Å². The van der Waals surface area contributed by atoms with Crippen LogP contribution >= 0.6 is 0 Å². The van der Waals surface area contributed by atoms with Gasteiger partial charge in [0.15, 0.2) is 11.3 Å². The van der Waals surface area contributed by atoms with Crippen LogP contribution in [0.5, 0.6) is 5.75 Å². The molecule has 6 nitrogen and oxygen atoms in total. The van der Waals surface area contributed by atoms with Crippen molar-refractivity contribution in [2.45, 2.75) is 46.3 Å². The average Bonchev–Trinajstić information content (AvgIpc) is 3.15. The van der Waals surface area contributed by atoms with Crippen molar-refractivity contribution in [3.63, 3.8) is 0 Å². The topological polar surface area (TPSA) is 75.0 Å². The maximum Gasteiger partial charge on any atom is 0.333 e. The molecule has 2 unspecified atom stereocenters. The number of fused-ring (bicyclic) bond motifs is 2. The highest BCUT2D eigenvalue weighted by Crippen LogP contribution is 2.45. The van der Waals surface area contributed by atoms with E-state index in [0.29, 0.717) is 16.9 Å². The summed E-state index contributed by atoms with van der Waals surface area (Å²) in [5, 5.41) is 0.810. The highest BCUT2D eigenvalue weighted by Gasteiger charge is 2.32. The van der Waals surface area contributed by atoms with Gasteiger partial charge in [0.2, 0.25) is 0 Å². The number of ether oxygens (including phenoxy) is 3. The second-order valence-corrected chi connectivity index (χ2v) is 6.77. The summed E-state index contributed by atoms with van der Waals surface area (Å²) < 4.78 is 22.3. The second kappa shape index (κ2) is 7.92. The lowest BCUT2D eigenvalue weighted by Gasteiger charge is -2.30. The van der Waals surface area contributed by atoms with E-state index in [1.165, 1.54) is 6.92 Å². The van der Waals surface area contributed by atoms with Crippen LogP contribution in [-0.2, 0) is 25.7 Å². The first-order valence-electron chi connectivity index (χ1n) is 9.14. The Labute approximate surface area is 163 Å². The van der Waals surface area contributed by atoms with Crippen molar-refractivity contribution in [1.82, 2.24) is 0 Å². The van der Waals surface area contributed by atoms with Crippen LogP contribution in [0.4, 0.5) is 0 Å². The fraction of sp³-hybridized carbons (Fsp3) is 0.364. The molecule has 0 fully saturated rings. The van der Waals surface area contributed by atoms with Gasteiger partial charge in [0, 0.05) is 34.9 Å². The Kier molecular flexibility index (Phi) is 5.58. The van der Waals surface area contributed by atoms with Gasteiger partial charge in [0.05, 0.1) is 13.4 Å². The first kappa shape index (κ1) is 19.7. The number of allylic oxidation sites excluding steroid dienone is 1. The predicted octanol–water partition coefficient (Wildman–Crippen LogP) is 4.51. The lowest BCUT2D eigenvalue weighted by atomic mass is 9.81. The molecule has 2 atom stereocenters. The lowest BCUT2D eigenvalue weighted by molar-refractivity contribution is -0.145. The molecule has 2 aromatic rings. The minimum absolute atomic E-state index is 0.0807. The zero-order valence-electron chi connectivity index (χ0n) is 16.7. The maximum absolute atomic E-state index is 12.2. The third-order valence-corrected chi connectivity index (χ3v) is 5.07. The van der Waals surface area contributed by atoms with Crippen LogP contribution < -0.4 is 4.74 Å². The van der Waals surface area contributed by atoms with Gasteiger partial charge in [-0.1, -0.05) is 19.1 Å². The smallest absolute Gasteiger partial charge is 0.333 e. The summed E-state index contributed by atoms with van der Waals surface area (Å²) in [6, 6.07) is 1.83. The lowest BCUT2D eigenvalue weighted by Crippen LogP contribution is -2.25. The van der Waals surface area contributed by atoms with Crippen molar-refractivity contribution >= 4 is 29.0 Å². The molecule has 6 heteroatoms. The summed E-state index contributed by atoms with van der Waals surface area (Å²) in [4.78, 5) is 23.7. The molecule has 0 bridgehead atoms. The molecule has 3 rings (SSSR count). The Morgan fingerprint density at radius 3 is 2.68 bits per heavy atom. The van der Waals surface area contributed by atoms with Crippen LogP contribution in [0.3, 0.4) is 0 Å². The number of carbonyl (C=O) groups is 2. The number of esters is 2. The molecule has 0 saturated heterocycles. The Morgan fingerprint density at radius 1 is 1.29 bits per heavy atom. The highest BCUT2D eigenvalue weighted by atomic mass is 16.5. The molecule has 0 N–H and O–H groups in total. The number of hydrogen-bond donors (Lipinski definition) is 0. The zero-order chi connectivity index (χ0) is 20.4. The molecule has 1 aliphatic carbocycles. The highest BCUT2D eigenvalue weighted by molar-refractivity contribution is 5.93. The molecule has 148 valence electrons. The second-order valence-electron chi connectivity index (χ2n) is 6.77. The monoisotopic (exact) mass is 384 g/mol. The van der Waals surface area contributed by atoms with Crippen LogP contribution in [0.25, 0.3) is 17.0 Å². The largest absolute Gasteiger partial charge is 0.492 e. The van der Waals surface area contributed by atoms with E-state index < -0.39 is 6.10 Å². The van der Waals surface area contributed by atoms with Crippen molar-refractivity contribution in [1.29, 1.82) is 0 Å². The molecule has 1 aromatic carbocycles. The molecule has 1 aromatic heterocycles. The fourth-order valence-corrected chi connectivity index (χ4v) is 3.54. The standard InChI is InChI=1S/C22H24O6/c1-6-12(2)22(24)27-11-17-15-9-10-26-21(15)20(25-5)16-7-8-18(28-14(4)23)13(3)19(16)17/h6-10,13,18H,11H2,1-5H3. The van der Waals surface area contributed by atoms with Crippen molar-refractivity contribution in [2.75, 3.05) is 7.11 Å². The van der Waals surface area contributed by atoms with Gasteiger partial charge in [-0.15, -0.1) is 0 Å². The molecule has 28 heavy (non-hydrogen) atoms. The number of hydrogen-bond acceptors (Lipinski definition) is 6. The van der Waals surface area contributed by atoms with E-state index in [2.05, 4.69) is 0 Å². The van der Waals surface area contributed by atoms with Gasteiger partial charge in [-0.2, -0.15) is 0 Å². The fourth-order valence-electron chi connectivity index (χ4n) is 3.54. The van der Waals surface area contributed by atoms with Crippen molar-refractivity contribution in [3.8, 4) is 5.75 Å². The normalized spacial score (nSPS) is 18.7. The van der Waals surface area contributed by atoms with Gasteiger partial charge >= 0.3 is 11.9 Å². The minimum Gasteiger partial charge on any atom is -0.492 e. The molecular weight excluding hydrogens is 360 g/mol. The quantitative estimate of drug-likeness (QED) is 0.558. The van der Waals surface area contributed by atoms with E-state index in [4.69, 9.17) is 18.6 Å². The first-order valence-corrected chi connectivity index (χ1v) is 9.14. The van der Waals surface area contributed by atoms with Crippen LogP contribution in [-0.4, -0.2) is 25.2 Å². The predicted molar refractivity (Wildman–Crippen MR) is 105 cm³/mol. The Hall–Kier alpha value is -3.02. The molecular formula is C22H24O6. The van der Waals surface area contributed by atoms with E-state index in [0.717, 1.165) is 22.1 Å². The molecule has 1 aliphatic rings. The minimum atomic E-state index is -0.411. The summed E-state index contributed by atoms with van der Waals surface area (Å²) in [7, 11) is 1.59. The van der Waals surface area contributed by atoms with Gasteiger partial charge < -0.3 is 18.6 Å². The molecule has 0 amide bonds. The molecule has 0 spiro atoms. The SMILES string of the molecule is CC=C(C)C(=O)OCc1c2c(c(OC)c3occc13)C=CC(OC(C)=O)C2C. The third kappa shape index (κ3) is 3.42. The van der Waals surface area contributed by atoms with E-state index in [1.54, 1.807) is 33.3 Å². The summed E-state index contributed by atoms with van der Waals surface area (Å²) in [6.07, 6.45) is 6.59. The third-order valence-electron chi connectivity index (χ3n) is 5.07. The maximum atomic E-state index is 12.2. The summed E-state index contributed by atoms with van der Waals surface area (Å²) in [5.74, 6) is -0.259. The number of methoxy groups -OCH3 is 1. The molecule has 0 radical (unpaired) electrons. The summed E-state index contributed by atoms with van der Waals surface area (Å²) in [5.41, 5.74) is 3.72. The Morgan fingerprint density at radius 2 is 2.04 bits per heavy atom. The molecule has 0 aliphatic heterocycles. The number of carbonyl (C=O) groups excluding carboxylic acids is 2. The van der Waals surface area contributed by atoms with Gasteiger partial charge in [-0.3, -0.25) is 4.79 Å². The van der Waals surface area contributed by atoms with Gasteiger partial charge in [-0.25, -0.2) is 4.79 Å². The van der Waals surface area contributed by atoms with Crippen molar-refractivity contribution in [3.05, 3.63) is 46.7 Å². The molecule has 1 heterocycles. The first-order chi connectivity index (χ1) is 13.4. The van der Waals surface area contributed by atoms with Crippen LogP contribution in [0.15, 0.2) is 34.5 Å². The molecule has 0 saturated carbocycles. The van der Waals surface area contributed by atoms with Gasteiger partial charge in [-0.05, 0) is 31.6 Å². The van der Waals surface area contributed by atoms with Gasteiger partial charge in [0.1, 0.15) is 12.7 Å². The van der Waals surface area contributed by atoms with Crippen LogP contribution in [0, 0.1) is 0 Å². The van der Waals surface area contributed by atoms with Crippen LogP contribution in [0.2, 0.25) is 0 Å². The average molecular weight is 384 g/mol. The van der Waals surface area contributed by atoms with E-state index in [1.807, 2.05) is 25.1 Å². The van der Waals surface area contributed by atoms with Crippen molar-refractivity contribution < 1.29 is 28.2 Å². The summed E-state index contributed by atoms with van der Waals surface area (Å²) in [6.45, 7) is 6.94.